The van der Waals surface area contributed by atoms with E-state index in [0.29, 0.717) is 54.4 Å². The molecule has 192 valence electrons. The van der Waals surface area contributed by atoms with Gasteiger partial charge >= 0.3 is 6.03 Å². The summed E-state index contributed by atoms with van der Waals surface area (Å²) < 4.78 is 42.7. The number of hydrogen-bond donors (Lipinski definition) is 1. The van der Waals surface area contributed by atoms with E-state index >= 15 is 0 Å². The maximum absolute atomic E-state index is 14.0. The molecule has 0 saturated heterocycles. The Bertz CT molecular complexity index is 1600. The summed E-state index contributed by atoms with van der Waals surface area (Å²) in [6.07, 6.45) is 5.05. The van der Waals surface area contributed by atoms with Gasteiger partial charge in [-0.05, 0) is 35.4 Å². The average Bonchev–Trinajstić information content (AvgIpc) is 3.21. The van der Waals surface area contributed by atoms with Crippen molar-refractivity contribution in [3.05, 3.63) is 105 Å². The fourth-order valence-corrected chi connectivity index (χ4v) is 4.91. The van der Waals surface area contributed by atoms with Crippen LogP contribution in [0.2, 0.25) is 5.15 Å². The van der Waals surface area contributed by atoms with Gasteiger partial charge in [0.1, 0.15) is 22.6 Å². The summed E-state index contributed by atoms with van der Waals surface area (Å²) in [5.41, 5.74) is 3.37. The summed E-state index contributed by atoms with van der Waals surface area (Å²) in [7, 11) is 0. The molecule has 4 aromatic rings. The molecule has 0 saturated carbocycles. The molecule has 1 aliphatic rings. The summed E-state index contributed by atoms with van der Waals surface area (Å²) in [5, 5.41) is 13.5. The molecule has 0 spiro atoms. The molecular formula is C28H21ClF3N5O. The molecule has 38 heavy (non-hydrogen) atoms. The highest BCUT2D eigenvalue weighted by atomic mass is 35.5. The average molecular weight is 536 g/mol. The number of nitrogens with zero attached hydrogens (tertiary/aromatic N) is 4. The molecule has 0 bridgehead atoms. The van der Waals surface area contributed by atoms with Crippen molar-refractivity contribution >= 4 is 34.6 Å². The molecule has 0 aliphatic carbocycles. The number of aromatic nitrogens is 2. The summed E-state index contributed by atoms with van der Waals surface area (Å²) >= 11 is 5.95. The number of hydrogen-bond acceptors (Lipinski definition) is 4. The summed E-state index contributed by atoms with van der Waals surface area (Å²) in [6, 6.07) is 11.8. The maximum atomic E-state index is 14.0. The Morgan fingerprint density at radius 2 is 1.95 bits per heavy atom. The third-order valence-corrected chi connectivity index (χ3v) is 6.69. The molecule has 6 nitrogen and oxygen atoms in total. The Morgan fingerprint density at radius 1 is 1.16 bits per heavy atom. The van der Waals surface area contributed by atoms with Crippen molar-refractivity contribution in [2.45, 2.75) is 19.5 Å². The number of halogens is 4. The number of pyridine rings is 1. The zero-order valence-corrected chi connectivity index (χ0v) is 20.8. The first-order valence-electron chi connectivity index (χ1n) is 11.8. The van der Waals surface area contributed by atoms with Gasteiger partial charge in [0.15, 0.2) is 0 Å². The lowest BCUT2D eigenvalue weighted by Gasteiger charge is -2.27. The van der Waals surface area contributed by atoms with Crippen LogP contribution in [0, 0.1) is 28.8 Å². The minimum atomic E-state index is -0.967. The van der Waals surface area contributed by atoms with Crippen LogP contribution < -0.4 is 5.32 Å². The highest BCUT2D eigenvalue weighted by molar-refractivity contribution is 6.29. The smallest absolute Gasteiger partial charge is 0.326 e. The van der Waals surface area contributed by atoms with Gasteiger partial charge in [0.05, 0.1) is 17.1 Å². The predicted molar refractivity (Wildman–Crippen MR) is 138 cm³/mol. The van der Waals surface area contributed by atoms with Gasteiger partial charge in [0, 0.05) is 67.6 Å². The Labute approximate surface area is 221 Å². The molecule has 3 heterocycles. The van der Waals surface area contributed by atoms with Crippen LogP contribution in [0.1, 0.15) is 27.9 Å². The van der Waals surface area contributed by atoms with E-state index in [1.54, 1.807) is 41.1 Å². The highest BCUT2D eigenvalue weighted by Crippen LogP contribution is 2.32. The highest BCUT2D eigenvalue weighted by Gasteiger charge is 2.26. The lowest BCUT2D eigenvalue weighted by molar-refractivity contribution is 0.240. The first kappa shape index (κ1) is 25.5. The molecule has 0 radical (unpaired) electrons. The second-order valence-corrected chi connectivity index (χ2v) is 9.31. The molecule has 5 rings (SSSR count). The SMILES string of the molecule is N#Cc1ccc2c3c(n(C(=O)NCc4ccnc(Cl)c4)c2c1)CCN(C/C=C/c1c(F)cc(F)cc1F)C3. The zero-order valence-electron chi connectivity index (χ0n) is 20.0. The van der Waals surface area contributed by atoms with E-state index in [2.05, 4.69) is 21.3 Å². The van der Waals surface area contributed by atoms with Gasteiger partial charge in [0.2, 0.25) is 0 Å². The van der Waals surface area contributed by atoms with E-state index in [4.69, 9.17) is 11.6 Å². The third kappa shape index (κ3) is 5.14. The van der Waals surface area contributed by atoms with E-state index in [0.717, 1.165) is 22.2 Å². The molecule has 1 aliphatic heterocycles. The maximum Gasteiger partial charge on any atom is 0.326 e. The van der Waals surface area contributed by atoms with Crippen LogP contribution in [0.15, 0.2) is 54.7 Å². The van der Waals surface area contributed by atoms with E-state index in [1.807, 2.05) is 6.07 Å². The Balaban J connectivity index is 1.40. The van der Waals surface area contributed by atoms with Crippen LogP contribution in [-0.4, -0.2) is 33.6 Å². The van der Waals surface area contributed by atoms with Crippen molar-refractivity contribution in [1.29, 1.82) is 5.26 Å². The fraction of sp³-hybridized carbons (Fsp3) is 0.179. The van der Waals surface area contributed by atoms with Crippen LogP contribution in [0.5, 0.6) is 0 Å². The third-order valence-electron chi connectivity index (χ3n) is 6.49. The summed E-state index contributed by atoms with van der Waals surface area (Å²) in [5.74, 6) is -2.89. The molecular weight excluding hydrogens is 515 g/mol. The van der Waals surface area contributed by atoms with Gasteiger partial charge in [-0.3, -0.25) is 9.47 Å². The second-order valence-electron chi connectivity index (χ2n) is 8.92. The molecule has 2 aromatic carbocycles. The number of amides is 1. The number of carbonyl (C=O) groups is 1. The van der Waals surface area contributed by atoms with Crippen molar-refractivity contribution in [3.63, 3.8) is 0 Å². The molecule has 1 amide bonds. The molecule has 1 N–H and O–H groups in total. The molecule has 0 atom stereocenters. The quantitative estimate of drug-likeness (QED) is 0.327. The molecule has 10 heteroatoms. The number of nitriles is 1. The Morgan fingerprint density at radius 3 is 2.68 bits per heavy atom. The van der Waals surface area contributed by atoms with Crippen molar-refractivity contribution in [1.82, 2.24) is 19.8 Å². The van der Waals surface area contributed by atoms with E-state index < -0.39 is 17.5 Å². The van der Waals surface area contributed by atoms with E-state index in [9.17, 15) is 23.2 Å². The summed E-state index contributed by atoms with van der Waals surface area (Å²) in [4.78, 5) is 19.4. The molecule has 2 aromatic heterocycles. The molecule has 0 unspecified atom stereocenters. The van der Waals surface area contributed by atoms with Gasteiger partial charge in [-0.25, -0.2) is 22.9 Å². The van der Waals surface area contributed by atoms with Crippen molar-refractivity contribution in [2.75, 3.05) is 13.1 Å². The lowest BCUT2D eigenvalue weighted by atomic mass is 10.0. The van der Waals surface area contributed by atoms with Crippen LogP contribution in [-0.2, 0) is 19.5 Å². The first-order valence-corrected chi connectivity index (χ1v) is 12.2. The van der Waals surface area contributed by atoms with Gasteiger partial charge in [-0.1, -0.05) is 29.8 Å². The van der Waals surface area contributed by atoms with Crippen molar-refractivity contribution in [2.24, 2.45) is 0 Å². The van der Waals surface area contributed by atoms with Crippen LogP contribution in [0.25, 0.3) is 17.0 Å². The minimum absolute atomic E-state index is 0.251. The number of benzene rings is 2. The lowest BCUT2D eigenvalue weighted by Crippen LogP contribution is -2.34. The Hall–Kier alpha value is -4.13. The zero-order chi connectivity index (χ0) is 26.8. The van der Waals surface area contributed by atoms with Crippen molar-refractivity contribution < 1.29 is 18.0 Å². The normalized spacial score (nSPS) is 13.6. The number of carbonyl (C=O) groups excluding carboxylic acids is 1. The van der Waals surface area contributed by atoms with Gasteiger partial charge < -0.3 is 5.32 Å². The first-order chi connectivity index (χ1) is 18.3. The van der Waals surface area contributed by atoms with E-state index in [1.165, 1.54) is 6.08 Å². The van der Waals surface area contributed by atoms with Crippen LogP contribution in [0.3, 0.4) is 0 Å². The van der Waals surface area contributed by atoms with Crippen LogP contribution in [0.4, 0.5) is 18.0 Å². The standard InChI is InChI=1S/C28H21ClF3N5O/c29-27-11-18(5-7-34-27)15-35-28(38)37-25-6-9-36(8-1-2-21-23(31)12-19(30)13-24(21)32)16-22(25)20-4-3-17(14-33)10-26(20)37/h1-5,7,10-13H,6,8-9,15-16H2,(H,35,38)/b2-1+. The topological polar surface area (TPSA) is 74.0 Å². The monoisotopic (exact) mass is 535 g/mol. The number of fused-ring (bicyclic) bond motifs is 3. The van der Waals surface area contributed by atoms with Crippen molar-refractivity contribution in [3.8, 4) is 6.07 Å². The number of rotatable bonds is 5. The largest absolute Gasteiger partial charge is 0.333 e. The van der Waals surface area contributed by atoms with Gasteiger partial charge in [-0.2, -0.15) is 5.26 Å². The predicted octanol–water partition coefficient (Wildman–Crippen LogP) is 5.81. The second kappa shape index (κ2) is 10.7. The molecule has 0 fully saturated rings. The van der Waals surface area contributed by atoms with Gasteiger partial charge in [-0.15, -0.1) is 0 Å². The van der Waals surface area contributed by atoms with Crippen LogP contribution >= 0.6 is 11.6 Å². The van der Waals surface area contributed by atoms with Gasteiger partial charge in [0.25, 0.3) is 0 Å². The number of nitrogens with one attached hydrogen (secondary N) is 1. The fourth-order valence-electron chi connectivity index (χ4n) is 4.71. The summed E-state index contributed by atoms with van der Waals surface area (Å²) in [6.45, 7) is 1.74. The van der Waals surface area contributed by atoms with E-state index in [-0.39, 0.29) is 18.1 Å². The Kier molecular flexibility index (Phi) is 7.18. The minimum Gasteiger partial charge on any atom is -0.333 e.